The number of amides is 1. The fourth-order valence-corrected chi connectivity index (χ4v) is 4.83. The lowest BCUT2D eigenvalue weighted by atomic mass is 9.98. The molecule has 0 heterocycles. The third kappa shape index (κ3) is 5.19. The van der Waals surface area contributed by atoms with Gasteiger partial charge in [-0.1, -0.05) is 61.4 Å². The molecule has 1 N–H and O–H groups in total. The molecule has 0 spiro atoms. The monoisotopic (exact) mass is 387 g/mol. The van der Waals surface area contributed by atoms with Crippen LogP contribution in [0.25, 0.3) is 0 Å². The van der Waals surface area contributed by atoms with E-state index in [0.29, 0.717) is 6.42 Å². The van der Waals surface area contributed by atoms with Crippen molar-refractivity contribution in [1.29, 1.82) is 0 Å². The second-order valence-electron chi connectivity index (χ2n) is 7.10. The molecule has 1 amide bonds. The number of rotatable bonds is 8. The molecular weight excluding hydrogens is 358 g/mol. The van der Waals surface area contributed by atoms with Crippen LogP contribution in [0.4, 0.5) is 0 Å². The summed E-state index contributed by atoms with van der Waals surface area (Å²) in [4.78, 5) is 13.2. The van der Waals surface area contributed by atoms with Crippen LogP contribution in [0.3, 0.4) is 0 Å². The summed E-state index contributed by atoms with van der Waals surface area (Å²) in [6.45, 7) is 7.43. The van der Waals surface area contributed by atoms with E-state index in [4.69, 9.17) is 0 Å². The van der Waals surface area contributed by atoms with Crippen molar-refractivity contribution in [3.63, 3.8) is 0 Å². The van der Waals surface area contributed by atoms with Crippen molar-refractivity contribution in [3.05, 3.63) is 65.7 Å². The van der Waals surface area contributed by atoms with Crippen LogP contribution < -0.4 is 5.32 Å². The van der Waals surface area contributed by atoms with Crippen LogP contribution in [-0.2, 0) is 14.6 Å². The molecule has 0 aromatic heterocycles. The Labute approximate surface area is 162 Å². The number of aryl methyl sites for hydroxylation is 1. The number of hydrogen-bond acceptors (Lipinski definition) is 3. The summed E-state index contributed by atoms with van der Waals surface area (Å²) in [6, 6.07) is 16.3. The molecule has 2 rings (SSSR count). The van der Waals surface area contributed by atoms with Crippen molar-refractivity contribution in [2.75, 3.05) is 0 Å². The zero-order valence-corrected chi connectivity index (χ0v) is 17.3. The van der Waals surface area contributed by atoms with Crippen molar-refractivity contribution in [1.82, 2.24) is 5.32 Å². The lowest BCUT2D eigenvalue weighted by Crippen LogP contribution is -2.40. The van der Waals surface area contributed by atoms with Crippen molar-refractivity contribution < 1.29 is 13.2 Å². The minimum Gasteiger partial charge on any atom is -0.349 e. The van der Waals surface area contributed by atoms with Gasteiger partial charge in [0.15, 0.2) is 9.84 Å². The maximum atomic E-state index is 13.0. The van der Waals surface area contributed by atoms with Gasteiger partial charge in [-0.05, 0) is 44.9 Å². The number of carbonyl (C=O) groups is 1. The highest BCUT2D eigenvalue weighted by Crippen LogP contribution is 2.26. The smallest absolute Gasteiger partial charge is 0.224 e. The number of benzene rings is 2. The zero-order valence-electron chi connectivity index (χ0n) is 16.5. The van der Waals surface area contributed by atoms with Gasteiger partial charge in [0.2, 0.25) is 5.91 Å². The first-order chi connectivity index (χ1) is 12.8. The van der Waals surface area contributed by atoms with Crippen molar-refractivity contribution >= 4 is 15.7 Å². The van der Waals surface area contributed by atoms with Gasteiger partial charge >= 0.3 is 0 Å². The quantitative estimate of drug-likeness (QED) is 0.728. The fraction of sp³-hybridized carbons (Fsp3) is 0.409. The van der Waals surface area contributed by atoms with Crippen LogP contribution in [0.2, 0.25) is 0 Å². The average Bonchev–Trinajstić information content (AvgIpc) is 2.66. The maximum absolute atomic E-state index is 13.0. The Kier molecular flexibility index (Phi) is 7.19. The Morgan fingerprint density at radius 1 is 1.00 bits per heavy atom. The standard InChI is InChI=1S/C22H29NO3S/c1-5-9-21(22(24)23-17(3)19-10-7-6-8-11-19)18(4)27(25,26)20-14-12-16(2)13-15-20/h6-8,10-15,17-18,21H,5,9H2,1-4H3,(H,23,24)/t17-,18?,21-/m1/s1. The lowest BCUT2D eigenvalue weighted by Gasteiger charge is -2.25. The predicted molar refractivity (Wildman–Crippen MR) is 109 cm³/mol. The highest BCUT2D eigenvalue weighted by atomic mass is 32.2. The lowest BCUT2D eigenvalue weighted by molar-refractivity contribution is -0.125. The highest BCUT2D eigenvalue weighted by molar-refractivity contribution is 7.92. The molecule has 0 aliphatic carbocycles. The van der Waals surface area contributed by atoms with Gasteiger partial charge in [0, 0.05) is 0 Å². The first-order valence-electron chi connectivity index (χ1n) is 9.43. The number of carbonyl (C=O) groups excluding carboxylic acids is 1. The van der Waals surface area contributed by atoms with Crippen LogP contribution >= 0.6 is 0 Å². The Hall–Kier alpha value is -2.14. The first kappa shape index (κ1) is 21.2. The molecule has 4 nitrogen and oxygen atoms in total. The van der Waals surface area contributed by atoms with Gasteiger partial charge in [0.25, 0.3) is 0 Å². The first-order valence-corrected chi connectivity index (χ1v) is 11.0. The van der Waals surface area contributed by atoms with E-state index in [1.807, 2.05) is 51.1 Å². The zero-order chi connectivity index (χ0) is 20.0. The molecule has 0 bridgehead atoms. The van der Waals surface area contributed by atoms with Crippen molar-refractivity contribution in [2.24, 2.45) is 5.92 Å². The third-order valence-electron chi connectivity index (χ3n) is 5.00. The molecule has 0 saturated heterocycles. The second kappa shape index (κ2) is 9.18. The summed E-state index contributed by atoms with van der Waals surface area (Å²) < 4.78 is 26.1. The Morgan fingerprint density at radius 2 is 1.59 bits per heavy atom. The minimum atomic E-state index is -3.58. The Bertz CT molecular complexity index is 845. The van der Waals surface area contributed by atoms with E-state index in [2.05, 4.69) is 5.32 Å². The molecule has 146 valence electrons. The molecule has 1 unspecified atom stereocenters. The normalized spacial score (nSPS) is 15.0. The van der Waals surface area contributed by atoms with E-state index in [1.54, 1.807) is 31.2 Å². The molecule has 2 aromatic carbocycles. The van der Waals surface area contributed by atoms with E-state index in [1.165, 1.54) is 0 Å². The molecule has 0 radical (unpaired) electrons. The third-order valence-corrected chi connectivity index (χ3v) is 7.24. The minimum absolute atomic E-state index is 0.174. The molecule has 0 aliphatic heterocycles. The van der Waals surface area contributed by atoms with E-state index in [-0.39, 0.29) is 16.8 Å². The van der Waals surface area contributed by atoms with E-state index in [9.17, 15) is 13.2 Å². The molecular formula is C22H29NO3S. The Morgan fingerprint density at radius 3 is 2.15 bits per heavy atom. The van der Waals surface area contributed by atoms with Gasteiger partial charge in [-0.2, -0.15) is 0 Å². The summed E-state index contributed by atoms with van der Waals surface area (Å²) in [5.74, 6) is -0.802. The fourth-order valence-electron chi connectivity index (χ4n) is 3.19. The van der Waals surface area contributed by atoms with Crippen molar-refractivity contribution in [3.8, 4) is 0 Å². The summed E-state index contributed by atoms with van der Waals surface area (Å²) in [6.07, 6.45) is 1.27. The topological polar surface area (TPSA) is 63.2 Å². The van der Waals surface area contributed by atoms with Gasteiger partial charge in [-0.25, -0.2) is 8.42 Å². The van der Waals surface area contributed by atoms with Gasteiger partial charge in [0.05, 0.1) is 22.1 Å². The molecule has 0 saturated carbocycles. The SMILES string of the molecule is CCC[C@@H](C(=O)N[C@H](C)c1ccccc1)C(C)S(=O)(=O)c1ccc(C)cc1. The maximum Gasteiger partial charge on any atom is 0.224 e. The summed E-state index contributed by atoms with van der Waals surface area (Å²) in [5, 5.41) is 2.20. The predicted octanol–water partition coefficient (Wildman–Crippen LogP) is 4.45. The molecule has 3 atom stereocenters. The summed E-state index contributed by atoms with van der Waals surface area (Å²) in [7, 11) is -3.58. The van der Waals surface area contributed by atoms with Crippen LogP contribution in [0.15, 0.2) is 59.5 Å². The largest absolute Gasteiger partial charge is 0.349 e. The van der Waals surface area contributed by atoms with E-state index >= 15 is 0 Å². The average molecular weight is 388 g/mol. The van der Waals surface area contributed by atoms with Crippen LogP contribution in [0.1, 0.15) is 50.8 Å². The number of hydrogen-bond donors (Lipinski definition) is 1. The second-order valence-corrected chi connectivity index (χ2v) is 9.40. The molecule has 0 fully saturated rings. The van der Waals surface area contributed by atoms with Gasteiger partial charge in [-0.15, -0.1) is 0 Å². The van der Waals surface area contributed by atoms with Gasteiger partial charge in [-0.3, -0.25) is 4.79 Å². The van der Waals surface area contributed by atoms with Crippen LogP contribution in [-0.4, -0.2) is 19.6 Å². The van der Waals surface area contributed by atoms with Gasteiger partial charge in [0.1, 0.15) is 0 Å². The van der Waals surface area contributed by atoms with Crippen LogP contribution in [0.5, 0.6) is 0 Å². The molecule has 5 heteroatoms. The Balaban J connectivity index is 2.21. The molecule has 2 aromatic rings. The summed E-state index contributed by atoms with van der Waals surface area (Å²) in [5.41, 5.74) is 2.00. The molecule has 27 heavy (non-hydrogen) atoms. The number of sulfone groups is 1. The highest BCUT2D eigenvalue weighted by Gasteiger charge is 2.35. The molecule has 0 aliphatic rings. The van der Waals surface area contributed by atoms with Crippen LogP contribution in [0, 0.1) is 12.8 Å². The van der Waals surface area contributed by atoms with Crippen molar-refractivity contribution in [2.45, 2.75) is 56.7 Å². The van der Waals surface area contributed by atoms with E-state index in [0.717, 1.165) is 17.5 Å². The van der Waals surface area contributed by atoms with Gasteiger partial charge < -0.3 is 5.32 Å². The van der Waals surface area contributed by atoms with E-state index < -0.39 is 21.0 Å². The summed E-state index contributed by atoms with van der Waals surface area (Å²) >= 11 is 0. The number of nitrogens with one attached hydrogen (secondary N) is 1.